The zero-order valence-corrected chi connectivity index (χ0v) is 9.20. The Balaban J connectivity index is 2.84. The zero-order chi connectivity index (χ0) is 10.0. The highest BCUT2D eigenvalue weighted by Gasteiger charge is 2.42. The minimum absolute atomic E-state index is 0.169. The second kappa shape index (κ2) is 4.40. The monoisotopic (exact) mass is 237 g/mol. The quantitative estimate of drug-likeness (QED) is 0.424. The third kappa shape index (κ3) is 1.87. The Hall–Kier alpha value is -0.120. The van der Waals surface area contributed by atoms with Crippen molar-refractivity contribution in [2.24, 2.45) is 5.92 Å². The molecule has 0 N–H and O–H groups in total. The number of hydrogen-bond donors (Lipinski definition) is 0. The second-order valence-corrected chi connectivity index (χ2v) is 3.94. The van der Waals surface area contributed by atoms with Crippen molar-refractivity contribution >= 4 is 46.3 Å². The molecule has 2 unspecified atom stereocenters. The second-order valence-electron chi connectivity index (χ2n) is 2.74. The van der Waals surface area contributed by atoms with Crippen LogP contribution in [0.15, 0.2) is 12.7 Å². The number of thiocarbonyl (C=S) groups is 1. The predicted octanol–water partition coefficient (Wildman–Crippen LogP) is 1.80. The maximum Gasteiger partial charge on any atom is 0.246 e. The molecule has 1 aliphatic heterocycles. The van der Waals surface area contributed by atoms with Crippen LogP contribution in [0.25, 0.3) is 0 Å². The summed E-state index contributed by atoms with van der Waals surface area (Å²) in [7, 11) is 0. The lowest BCUT2D eigenvalue weighted by atomic mass is 10.1. The van der Waals surface area contributed by atoms with Crippen molar-refractivity contribution in [3.8, 4) is 0 Å². The van der Waals surface area contributed by atoms with Crippen LogP contribution in [0.2, 0.25) is 0 Å². The smallest absolute Gasteiger partial charge is 0.246 e. The fourth-order valence-electron chi connectivity index (χ4n) is 1.21. The first-order valence-corrected chi connectivity index (χ1v) is 5.17. The number of likely N-dealkylation sites (tertiary alicyclic amines) is 1. The molecule has 5 heteroatoms. The lowest BCUT2D eigenvalue weighted by Gasteiger charge is -2.13. The van der Waals surface area contributed by atoms with Crippen LogP contribution in [0.4, 0.5) is 0 Å². The fraction of sp³-hybridized carbons (Fsp3) is 0.500. The minimum Gasteiger partial charge on any atom is -0.301 e. The third-order valence-corrected chi connectivity index (χ3v) is 3.26. The Kier molecular flexibility index (Phi) is 3.71. The SMILES string of the molecule is C=CCN1C(=O)C(Cl)C(CCl)C1=S. The molecule has 1 saturated heterocycles. The molecule has 0 radical (unpaired) electrons. The highest BCUT2D eigenvalue weighted by molar-refractivity contribution is 7.80. The molecule has 1 rings (SSSR count). The molecule has 2 nitrogen and oxygen atoms in total. The van der Waals surface area contributed by atoms with E-state index in [1.807, 2.05) is 0 Å². The normalized spacial score (nSPS) is 28.3. The van der Waals surface area contributed by atoms with Gasteiger partial charge in [-0.05, 0) is 0 Å². The first-order chi connectivity index (χ1) is 6.13. The lowest BCUT2D eigenvalue weighted by molar-refractivity contribution is -0.125. The summed E-state index contributed by atoms with van der Waals surface area (Å²) in [5.74, 6) is -0.102. The van der Waals surface area contributed by atoms with Crippen LogP contribution in [0.1, 0.15) is 0 Å². The molecule has 1 fully saturated rings. The van der Waals surface area contributed by atoms with E-state index in [0.717, 1.165) is 0 Å². The van der Waals surface area contributed by atoms with E-state index in [9.17, 15) is 4.79 Å². The van der Waals surface area contributed by atoms with Gasteiger partial charge >= 0.3 is 0 Å². The standard InChI is InChI=1S/C8H9Cl2NOS/c1-2-3-11-7(12)6(10)5(4-9)8(11)13/h2,5-6H,1,3-4H2. The summed E-state index contributed by atoms with van der Waals surface area (Å²) in [6, 6.07) is 0. The highest BCUT2D eigenvalue weighted by Crippen LogP contribution is 2.27. The van der Waals surface area contributed by atoms with E-state index in [4.69, 9.17) is 35.4 Å². The van der Waals surface area contributed by atoms with Gasteiger partial charge in [-0.3, -0.25) is 4.79 Å². The molecular weight excluding hydrogens is 229 g/mol. The number of carbonyl (C=O) groups is 1. The van der Waals surface area contributed by atoms with Crippen LogP contribution in [0.5, 0.6) is 0 Å². The zero-order valence-electron chi connectivity index (χ0n) is 6.87. The van der Waals surface area contributed by atoms with E-state index < -0.39 is 5.38 Å². The van der Waals surface area contributed by atoms with Gasteiger partial charge in [-0.1, -0.05) is 18.3 Å². The Morgan fingerprint density at radius 2 is 2.31 bits per heavy atom. The molecular formula is C8H9Cl2NOS. The summed E-state index contributed by atoms with van der Waals surface area (Å²) in [6.45, 7) is 3.95. The van der Waals surface area contributed by atoms with Gasteiger partial charge in [-0.15, -0.1) is 29.8 Å². The first-order valence-electron chi connectivity index (χ1n) is 3.79. The molecule has 13 heavy (non-hydrogen) atoms. The van der Waals surface area contributed by atoms with Gasteiger partial charge in [0.05, 0.1) is 4.99 Å². The van der Waals surface area contributed by atoms with E-state index in [1.54, 1.807) is 6.08 Å². The minimum atomic E-state index is -0.607. The molecule has 1 heterocycles. The van der Waals surface area contributed by atoms with Crippen molar-refractivity contribution in [3.63, 3.8) is 0 Å². The van der Waals surface area contributed by atoms with Crippen molar-refractivity contribution in [1.82, 2.24) is 4.90 Å². The summed E-state index contributed by atoms with van der Waals surface area (Å²) < 4.78 is 0. The molecule has 0 bridgehead atoms. The van der Waals surface area contributed by atoms with Gasteiger partial charge in [0.15, 0.2) is 0 Å². The Morgan fingerprint density at radius 3 is 2.69 bits per heavy atom. The molecule has 0 aromatic carbocycles. The summed E-state index contributed by atoms with van der Waals surface area (Å²) in [5.41, 5.74) is 0. The molecule has 1 amide bonds. The van der Waals surface area contributed by atoms with Crippen LogP contribution < -0.4 is 0 Å². The van der Waals surface area contributed by atoms with Gasteiger partial charge in [-0.25, -0.2) is 0 Å². The highest BCUT2D eigenvalue weighted by atomic mass is 35.5. The van der Waals surface area contributed by atoms with Gasteiger partial charge in [0.2, 0.25) is 5.91 Å². The van der Waals surface area contributed by atoms with Crippen LogP contribution in [0.3, 0.4) is 0 Å². The van der Waals surface area contributed by atoms with Crippen molar-refractivity contribution < 1.29 is 4.79 Å². The molecule has 0 spiro atoms. The average molecular weight is 238 g/mol. The summed E-state index contributed by atoms with van der Waals surface area (Å²) in [5, 5.41) is -0.607. The average Bonchev–Trinajstić information content (AvgIpc) is 2.31. The number of carbonyl (C=O) groups excluding carboxylic acids is 1. The molecule has 1 aliphatic rings. The van der Waals surface area contributed by atoms with E-state index in [1.165, 1.54) is 4.90 Å². The molecule has 2 atom stereocenters. The number of amides is 1. The van der Waals surface area contributed by atoms with Crippen LogP contribution in [-0.2, 0) is 4.79 Å². The largest absolute Gasteiger partial charge is 0.301 e. The Morgan fingerprint density at radius 1 is 1.69 bits per heavy atom. The van der Waals surface area contributed by atoms with E-state index in [2.05, 4.69) is 6.58 Å². The number of rotatable bonds is 3. The van der Waals surface area contributed by atoms with Crippen molar-refractivity contribution in [3.05, 3.63) is 12.7 Å². The Labute approximate surface area is 92.5 Å². The molecule has 0 aromatic heterocycles. The third-order valence-electron chi connectivity index (χ3n) is 1.92. The first kappa shape index (κ1) is 11.0. The van der Waals surface area contributed by atoms with E-state index >= 15 is 0 Å². The number of hydrogen-bond acceptors (Lipinski definition) is 2. The van der Waals surface area contributed by atoms with E-state index in [-0.39, 0.29) is 17.7 Å². The Bertz CT molecular complexity index is 257. The van der Waals surface area contributed by atoms with Gasteiger partial charge < -0.3 is 4.90 Å². The molecule has 0 saturated carbocycles. The topological polar surface area (TPSA) is 20.3 Å². The summed E-state index contributed by atoms with van der Waals surface area (Å²) in [4.78, 5) is 13.5. The lowest BCUT2D eigenvalue weighted by Crippen LogP contribution is -2.30. The predicted molar refractivity (Wildman–Crippen MR) is 58.4 cm³/mol. The van der Waals surface area contributed by atoms with Crippen molar-refractivity contribution in [2.75, 3.05) is 12.4 Å². The molecule has 0 aliphatic carbocycles. The van der Waals surface area contributed by atoms with E-state index in [0.29, 0.717) is 11.5 Å². The van der Waals surface area contributed by atoms with Gasteiger partial charge in [0.1, 0.15) is 5.38 Å². The van der Waals surface area contributed by atoms with Crippen LogP contribution >= 0.6 is 35.4 Å². The van der Waals surface area contributed by atoms with Crippen LogP contribution in [-0.4, -0.2) is 33.6 Å². The molecule has 72 valence electrons. The summed E-state index contributed by atoms with van der Waals surface area (Å²) >= 11 is 16.6. The maximum absolute atomic E-state index is 11.5. The number of nitrogens with zero attached hydrogens (tertiary/aromatic N) is 1. The molecule has 0 aromatic rings. The number of halogens is 2. The van der Waals surface area contributed by atoms with Crippen LogP contribution in [0, 0.1) is 5.92 Å². The maximum atomic E-state index is 11.5. The fourth-order valence-corrected chi connectivity index (χ4v) is 2.50. The number of alkyl halides is 2. The van der Waals surface area contributed by atoms with Gasteiger partial charge in [0.25, 0.3) is 0 Å². The van der Waals surface area contributed by atoms with Crippen molar-refractivity contribution in [2.45, 2.75) is 5.38 Å². The van der Waals surface area contributed by atoms with Gasteiger partial charge in [-0.2, -0.15) is 0 Å². The van der Waals surface area contributed by atoms with Gasteiger partial charge in [0, 0.05) is 18.3 Å². The summed E-state index contributed by atoms with van der Waals surface area (Å²) in [6.07, 6.45) is 1.62. The van der Waals surface area contributed by atoms with Crippen molar-refractivity contribution in [1.29, 1.82) is 0 Å².